The maximum absolute atomic E-state index is 9.71. The van der Waals surface area contributed by atoms with Crippen LogP contribution in [0.5, 0.6) is 0 Å². The lowest BCUT2D eigenvalue weighted by Gasteiger charge is -2.36. The fraction of sp³-hybridized carbons (Fsp3) is 0.500. The van der Waals surface area contributed by atoms with Crippen LogP contribution in [0, 0.1) is 0 Å². The molecule has 21 heavy (non-hydrogen) atoms. The molecule has 2 heterocycles. The number of pyridine rings is 1. The van der Waals surface area contributed by atoms with Crippen LogP contribution in [0.3, 0.4) is 0 Å². The average Bonchev–Trinajstić information content (AvgIpc) is 3.04. The predicted octanol–water partition coefficient (Wildman–Crippen LogP) is 2.99. The van der Waals surface area contributed by atoms with E-state index in [9.17, 15) is 5.11 Å². The SMILES string of the molecule is OCC1(NCc2csc(-c3ccccn3)n2)CCCCC1. The summed E-state index contributed by atoms with van der Waals surface area (Å²) in [7, 11) is 0. The molecule has 0 saturated heterocycles. The van der Waals surface area contributed by atoms with Crippen LogP contribution in [-0.2, 0) is 6.54 Å². The van der Waals surface area contributed by atoms with Gasteiger partial charge in [-0.15, -0.1) is 11.3 Å². The Hall–Kier alpha value is -1.30. The number of aliphatic hydroxyl groups excluding tert-OH is 1. The van der Waals surface area contributed by atoms with E-state index in [4.69, 9.17) is 0 Å². The van der Waals surface area contributed by atoms with Crippen molar-refractivity contribution >= 4 is 11.3 Å². The van der Waals surface area contributed by atoms with Crippen LogP contribution >= 0.6 is 11.3 Å². The molecule has 0 aromatic carbocycles. The van der Waals surface area contributed by atoms with Gasteiger partial charge in [-0.1, -0.05) is 25.3 Å². The largest absolute Gasteiger partial charge is 0.394 e. The van der Waals surface area contributed by atoms with E-state index in [1.807, 2.05) is 18.2 Å². The standard InChI is InChI=1S/C16H21N3OS/c20-12-16(7-3-1-4-8-16)18-10-13-11-21-15(19-13)14-6-2-5-9-17-14/h2,5-6,9,11,18,20H,1,3-4,7-8,10,12H2. The first-order chi connectivity index (χ1) is 10.3. The Bertz CT molecular complexity index is 564. The molecule has 0 radical (unpaired) electrons. The third kappa shape index (κ3) is 3.48. The van der Waals surface area contributed by atoms with Gasteiger partial charge >= 0.3 is 0 Å². The van der Waals surface area contributed by atoms with Crippen molar-refractivity contribution in [1.29, 1.82) is 0 Å². The molecule has 2 aromatic heterocycles. The summed E-state index contributed by atoms with van der Waals surface area (Å²) in [6, 6.07) is 5.87. The van der Waals surface area contributed by atoms with Crippen molar-refractivity contribution in [3.63, 3.8) is 0 Å². The van der Waals surface area contributed by atoms with E-state index >= 15 is 0 Å². The Labute approximate surface area is 129 Å². The molecule has 1 saturated carbocycles. The van der Waals surface area contributed by atoms with Crippen molar-refractivity contribution in [1.82, 2.24) is 15.3 Å². The molecule has 3 rings (SSSR count). The van der Waals surface area contributed by atoms with Gasteiger partial charge in [-0.05, 0) is 25.0 Å². The van der Waals surface area contributed by atoms with Crippen LogP contribution in [0.2, 0.25) is 0 Å². The van der Waals surface area contributed by atoms with Gasteiger partial charge in [0.1, 0.15) is 5.01 Å². The Kier molecular flexibility index (Phi) is 4.63. The monoisotopic (exact) mass is 303 g/mol. The second-order valence-electron chi connectivity index (χ2n) is 5.71. The predicted molar refractivity (Wildman–Crippen MR) is 85.1 cm³/mol. The molecule has 4 nitrogen and oxygen atoms in total. The average molecular weight is 303 g/mol. The van der Waals surface area contributed by atoms with E-state index in [-0.39, 0.29) is 12.1 Å². The summed E-state index contributed by atoms with van der Waals surface area (Å²) in [6.07, 6.45) is 7.58. The quantitative estimate of drug-likeness (QED) is 0.891. The van der Waals surface area contributed by atoms with Gasteiger partial charge in [0.25, 0.3) is 0 Å². The molecular weight excluding hydrogens is 282 g/mol. The van der Waals surface area contributed by atoms with Crippen LogP contribution in [0.4, 0.5) is 0 Å². The molecule has 1 aliphatic carbocycles. The lowest BCUT2D eigenvalue weighted by atomic mass is 9.82. The minimum Gasteiger partial charge on any atom is -0.394 e. The molecule has 1 fully saturated rings. The van der Waals surface area contributed by atoms with Gasteiger partial charge in [-0.25, -0.2) is 4.98 Å². The minimum absolute atomic E-state index is 0.104. The maximum Gasteiger partial charge on any atom is 0.142 e. The number of nitrogens with zero attached hydrogens (tertiary/aromatic N) is 2. The van der Waals surface area contributed by atoms with Crippen molar-refractivity contribution in [2.45, 2.75) is 44.2 Å². The lowest BCUT2D eigenvalue weighted by Crippen LogP contribution is -2.49. The van der Waals surface area contributed by atoms with E-state index in [1.165, 1.54) is 19.3 Å². The van der Waals surface area contributed by atoms with Crippen LogP contribution in [-0.4, -0.2) is 27.2 Å². The molecule has 0 atom stereocenters. The highest BCUT2D eigenvalue weighted by atomic mass is 32.1. The van der Waals surface area contributed by atoms with Gasteiger partial charge < -0.3 is 10.4 Å². The number of aliphatic hydroxyl groups is 1. The summed E-state index contributed by atoms with van der Waals surface area (Å²) in [6.45, 7) is 0.925. The number of rotatable bonds is 5. The second-order valence-corrected chi connectivity index (χ2v) is 6.57. The first kappa shape index (κ1) is 14.6. The number of thiazole rings is 1. The number of hydrogen-bond acceptors (Lipinski definition) is 5. The van der Waals surface area contributed by atoms with E-state index in [0.717, 1.165) is 29.2 Å². The molecule has 0 spiro atoms. The number of hydrogen-bond donors (Lipinski definition) is 2. The highest BCUT2D eigenvalue weighted by Gasteiger charge is 2.30. The van der Waals surface area contributed by atoms with Crippen LogP contribution in [0.15, 0.2) is 29.8 Å². The van der Waals surface area contributed by atoms with Crippen molar-refractivity contribution in [3.05, 3.63) is 35.5 Å². The van der Waals surface area contributed by atoms with E-state index in [2.05, 4.69) is 20.7 Å². The minimum atomic E-state index is -0.104. The molecule has 0 aliphatic heterocycles. The molecule has 1 aliphatic rings. The summed E-state index contributed by atoms with van der Waals surface area (Å²) in [5.41, 5.74) is 1.84. The first-order valence-corrected chi connectivity index (χ1v) is 8.41. The molecular formula is C16H21N3OS. The zero-order valence-corrected chi connectivity index (χ0v) is 12.9. The van der Waals surface area contributed by atoms with Crippen LogP contribution < -0.4 is 5.32 Å². The van der Waals surface area contributed by atoms with Gasteiger partial charge in [-0.3, -0.25) is 4.98 Å². The highest BCUT2D eigenvalue weighted by Crippen LogP contribution is 2.28. The van der Waals surface area contributed by atoms with E-state index in [0.29, 0.717) is 6.54 Å². The summed E-state index contributed by atoms with van der Waals surface area (Å²) in [5, 5.41) is 16.3. The Morgan fingerprint density at radius 1 is 1.24 bits per heavy atom. The Balaban J connectivity index is 1.65. The smallest absolute Gasteiger partial charge is 0.142 e. The molecule has 112 valence electrons. The van der Waals surface area contributed by atoms with Crippen LogP contribution in [0.1, 0.15) is 37.8 Å². The first-order valence-electron chi connectivity index (χ1n) is 7.53. The van der Waals surface area contributed by atoms with E-state index < -0.39 is 0 Å². The van der Waals surface area contributed by atoms with Crippen molar-refractivity contribution in [3.8, 4) is 10.7 Å². The van der Waals surface area contributed by atoms with Gasteiger partial charge in [0.15, 0.2) is 0 Å². The van der Waals surface area contributed by atoms with Gasteiger partial charge in [-0.2, -0.15) is 0 Å². The summed E-state index contributed by atoms with van der Waals surface area (Å²) >= 11 is 1.62. The molecule has 0 amide bonds. The van der Waals surface area contributed by atoms with Crippen molar-refractivity contribution in [2.75, 3.05) is 6.61 Å². The fourth-order valence-corrected chi connectivity index (χ4v) is 3.69. The normalized spacial score (nSPS) is 17.8. The lowest BCUT2D eigenvalue weighted by molar-refractivity contribution is 0.119. The Morgan fingerprint density at radius 2 is 2.10 bits per heavy atom. The van der Waals surface area contributed by atoms with Gasteiger partial charge in [0.05, 0.1) is 18.0 Å². The molecule has 5 heteroatoms. The molecule has 0 bridgehead atoms. The topological polar surface area (TPSA) is 58.0 Å². The summed E-state index contributed by atoms with van der Waals surface area (Å²) < 4.78 is 0. The Morgan fingerprint density at radius 3 is 2.81 bits per heavy atom. The second kappa shape index (κ2) is 6.64. The fourth-order valence-electron chi connectivity index (χ4n) is 2.89. The maximum atomic E-state index is 9.71. The summed E-state index contributed by atoms with van der Waals surface area (Å²) in [5.74, 6) is 0. The zero-order chi connectivity index (χ0) is 14.5. The van der Waals surface area contributed by atoms with Crippen molar-refractivity contribution < 1.29 is 5.11 Å². The van der Waals surface area contributed by atoms with E-state index in [1.54, 1.807) is 17.5 Å². The molecule has 2 N–H and O–H groups in total. The third-order valence-corrected chi connectivity index (χ3v) is 5.11. The van der Waals surface area contributed by atoms with Crippen molar-refractivity contribution in [2.24, 2.45) is 0 Å². The number of aromatic nitrogens is 2. The zero-order valence-electron chi connectivity index (χ0n) is 12.1. The van der Waals surface area contributed by atoms with Crippen LogP contribution in [0.25, 0.3) is 10.7 Å². The van der Waals surface area contributed by atoms with Gasteiger partial charge in [0, 0.05) is 23.7 Å². The third-order valence-electron chi connectivity index (χ3n) is 4.19. The highest BCUT2D eigenvalue weighted by molar-refractivity contribution is 7.13. The number of nitrogens with one attached hydrogen (secondary N) is 1. The molecule has 2 aromatic rings. The van der Waals surface area contributed by atoms with Gasteiger partial charge in [0.2, 0.25) is 0 Å². The summed E-state index contributed by atoms with van der Waals surface area (Å²) in [4.78, 5) is 8.97. The molecule has 0 unspecified atom stereocenters.